The normalized spacial score (nSPS) is 17.2. The van der Waals surface area contributed by atoms with Crippen LogP contribution in [0, 0.1) is 27.7 Å². The molecule has 1 saturated heterocycles. The molecule has 0 radical (unpaired) electrons. The van der Waals surface area contributed by atoms with Crippen LogP contribution >= 0.6 is 0 Å². The van der Waals surface area contributed by atoms with E-state index in [0.29, 0.717) is 13.0 Å². The molecule has 1 unspecified atom stereocenters. The van der Waals surface area contributed by atoms with Crippen LogP contribution in [0.3, 0.4) is 0 Å². The van der Waals surface area contributed by atoms with E-state index in [1.807, 2.05) is 6.92 Å². The van der Waals surface area contributed by atoms with Crippen LogP contribution in [0.5, 0.6) is 5.75 Å². The summed E-state index contributed by atoms with van der Waals surface area (Å²) < 4.78 is 5.94. The Morgan fingerprint density at radius 3 is 2.76 bits per heavy atom. The molecule has 5 nitrogen and oxygen atoms in total. The highest BCUT2D eigenvalue weighted by atomic mass is 16.5. The maximum absolute atomic E-state index is 13.1. The van der Waals surface area contributed by atoms with Crippen LogP contribution in [0.25, 0.3) is 0 Å². The molecule has 0 bridgehead atoms. The van der Waals surface area contributed by atoms with E-state index < -0.39 is 0 Å². The van der Waals surface area contributed by atoms with Gasteiger partial charge in [0.2, 0.25) is 5.91 Å². The molecule has 0 spiro atoms. The van der Waals surface area contributed by atoms with Gasteiger partial charge in [0.05, 0.1) is 18.3 Å². The predicted octanol–water partition coefficient (Wildman–Crippen LogP) is 5.34. The van der Waals surface area contributed by atoms with Gasteiger partial charge in [-0.3, -0.25) is 9.89 Å². The van der Waals surface area contributed by atoms with Crippen LogP contribution in [0.15, 0.2) is 18.2 Å². The summed E-state index contributed by atoms with van der Waals surface area (Å²) in [5.74, 6) is 1.22. The number of rotatable bonds is 7. The zero-order chi connectivity index (χ0) is 20.8. The van der Waals surface area contributed by atoms with Gasteiger partial charge in [0.15, 0.2) is 0 Å². The average Bonchev–Trinajstić information content (AvgIpc) is 2.89. The van der Waals surface area contributed by atoms with E-state index in [9.17, 15) is 4.79 Å². The second kappa shape index (κ2) is 9.95. The SMILES string of the molecule is Cc1ccc(C)c(OCCCCC(=O)N2CCCCCC2c2c(C)n[nH]c2C)c1. The highest BCUT2D eigenvalue weighted by Crippen LogP contribution is 2.33. The summed E-state index contributed by atoms with van der Waals surface area (Å²) >= 11 is 0. The molecule has 1 N–H and O–H groups in total. The zero-order valence-corrected chi connectivity index (χ0v) is 18.4. The van der Waals surface area contributed by atoms with Gasteiger partial charge in [-0.25, -0.2) is 0 Å². The van der Waals surface area contributed by atoms with Gasteiger partial charge in [-0.2, -0.15) is 5.10 Å². The first-order valence-corrected chi connectivity index (χ1v) is 11.0. The molecule has 2 aromatic rings. The van der Waals surface area contributed by atoms with Crippen molar-refractivity contribution < 1.29 is 9.53 Å². The maximum atomic E-state index is 13.1. The number of carbonyl (C=O) groups is 1. The lowest BCUT2D eigenvalue weighted by Gasteiger charge is -2.31. The van der Waals surface area contributed by atoms with E-state index >= 15 is 0 Å². The molecule has 3 rings (SSSR count). The van der Waals surface area contributed by atoms with Gasteiger partial charge < -0.3 is 9.64 Å². The van der Waals surface area contributed by atoms with E-state index in [4.69, 9.17) is 4.74 Å². The van der Waals surface area contributed by atoms with Crippen molar-refractivity contribution in [2.24, 2.45) is 0 Å². The molecule has 0 aliphatic carbocycles. The minimum atomic E-state index is 0.162. The molecule has 2 heterocycles. The number of likely N-dealkylation sites (tertiary alicyclic amines) is 1. The lowest BCUT2D eigenvalue weighted by molar-refractivity contribution is -0.133. The molecule has 1 amide bonds. The number of hydrogen-bond acceptors (Lipinski definition) is 3. The van der Waals surface area contributed by atoms with E-state index in [1.54, 1.807) is 0 Å². The third-order valence-corrected chi connectivity index (χ3v) is 5.98. The van der Waals surface area contributed by atoms with Crippen molar-refractivity contribution in [3.8, 4) is 5.75 Å². The van der Waals surface area contributed by atoms with Gasteiger partial charge in [0, 0.05) is 24.2 Å². The first-order valence-electron chi connectivity index (χ1n) is 11.0. The Morgan fingerprint density at radius 1 is 1.17 bits per heavy atom. The van der Waals surface area contributed by atoms with Crippen molar-refractivity contribution in [3.05, 3.63) is 46.3 Å². The smallest absolute Gasteiger partial charge is 0.223 e. The summed E-state index contributed by atoms with van der Waals surface area (Å²) in [6, 6.07) is 6.43. The number of nitrogens with zero attached hydrogens (tertiary/aromatic N) is 2. The molecule has 1 fully saturated rings. The van der Waals surface area contributed by atoms with Crippen LogP contribution in [-0.4, -0.2) is 34.2 Å². The summed E-state index contributed by atoms with van der Waals surface area (Å²) in [7, 11) is 0. The summed E-state index contributed by atoms with van der Waals surface area (Å²) in [5, 5.41) is 7.46. The van der Waals surface area contributed by atoms with Gasteiger partial charge >= 0.3 is 0 Å². The van der Waals surface area contributed by atoms with Crippen molar-refractivity contribution in [2.45, 2.75) is 78.7 Å². The van der Waals surface area contributed by atoms with E-state index in [-0.39, 0.29) is 11.9 Å². The Balaban J connectivity index is 1.53. The van der Waals surface area contributed by atoms with Crippen LogP contribution < -0.4 is 4.74 Å². The fourth-order valence-corrected chi connectivity index (χ4v) is 4.32. The molecule has 5 heteroatoms. The quantitative estimate of drug-likeness (QED) is 0.642. The van der Waals surface area contributed by atoms with Gasteiger partial charge in [-0.1, -0.05) is 25.0 Å². The van der Waals surface area contributed by atoms with Crippen LogP contribution in [0.4, 0.5) is 0 Å². The third kappa shape index (κ3) is 5.40. The minimum Gasteiger partial charge on any atom is -0.493 e. The fourth-order valence-electron chi connectivity index (χ4n) is 4.32. The number of ether oxygens (including phenoxy) is 1. The van der Waals surface area contributed by atoms with Crippen LogP contribution in [0.2, 0.25) is 0 Å². The number of nitrogens with one attached hydrogen (secondary N) is 1. The fraction of sp³-hybridized carbons (Fsp3) is 0.583. The Morgan fingerprint density at radius 2 is 2.00 bits per heavy atom. The van der Waals surface area contributed by atoms with Crippen molar-refractivity contribution in [3.63, 3.8) is 0 Å². The van der Waals surface area contributed by atoms with Crippen molar-refractivity contribution in [2.75, 3.05) is 13.2 Å². The van der Waals surface area contributed by atoms with Crippen LogP contribution in [0.1, 0.15) is 79.1 Å². The minimum absolute atomic E-state index is 0.162. The van der Waals surface area contributed by atoms with E-state index in [2.05, 4.69) is 54.1 Å². The van der Waals surface area contributed by atoms with Gasteiger partial charge in [0.1, 0.15) is 5.75 Å². The molecule has 1 atom stereocenters. The first-order chi connectivity index (χ1) is 14.0. The molecule has 0 saturated carbocycles. The molecule has 1 aliphatic rings. The lowest BCUT2D eigenvalue weighted by atomic mass is 9.98. The van der Waals surface area contributed by atoms with Crippen molar-refractivity contribution in [1.82, 2.24) is 15.1 Å². The van der Waals surface area contributed by atoms with Crippen molar-refractivity contribution in [1.29, 1.82) is 0 Å². The number of aromatic nitrogens is 2. The predicted molar refractivity (Wildman–Crippen MR) is 116 cm³/mol. The number of H-pyrrole nitrogens is 1. The third-order valence-electron chi connectivity index (χ3n) is 5.98. The summed E-state index contributed by atoms with van der Waals surface area (Å²) in [6.45, 7) is 9.75. The highest BCUT2D eigenvalue weighted by molar-refractivity contribution is 5.76. The lowest BCUT2D eigenvalue weighted by Crippen LogP contribution is -2.35. The number of carbonyl (C=O) groups excluding carboxylic acids is 1. The molecular weight excluding hydrogens is 362 g/mol. The number of hydrogen-bond donors (Lipinski definition) is 1. The average molecular weight is 398 g/mol. The summed E-state index contributed by atoms with van der Waals surface area (Å²) in [5.41, 5.74) is 5.70. The standard InChI is InChI=1S/C24H35N3O2/c1-17-12-13-18(2)22(16-17)29-15-9-7-11-23(28)27-14-8-5-6-10-21(27)24-19(3)25-26-20(24)4/h12-13,16,21H,5-11,14-15H2,1-4H3,(H,25,26). The summed E-state index contributed by atoms with van der Waals surface area (Å²) in [6.07, 6.45) is 6.82. The van der Waals surface area contributed by atoms with Gasteiger partial charge in [-0.05, 0) is 70.6 Å². The first kappa shape index (κ1) is 21.4. The Hall–Kier alpha value is -2.30. The number of unbranched alkanes of at least 4 members (excludes halogenated alkanes) is 1. The second-order valence-corrected chi connectivity index (χ2v) is 8.37. The highest BCUT2D eigenvalue weighted by Gasteiger charge is 2.29. The van der Waals surface area contributed by atoms with Gasteiger partial charge in [-0.15, -0.1) is 0 Å². The second-order valence-electron chi connectivity index (χ2n) is 8.37. The monoisotopic (exact) mass is 397 g/mol. The molecule has 158 valence electrons. The largest absolute Gasteiger partial charge is 0.493 e. The molecule has 1 aliphatic heterocycles. The van der Waals surface area contributed by atoms with E-state index in [0.717, 1.165) is 54.9 Å². The topological polar surface area (TPSA) is 58.2 Å². The van der Waals surface area contributed by atoms with Crippen LogP contribution in [-0.2, 0) is 4.79 Å². The zero-order valence-electron chi connectivity index (χ0n) is 18.4. The molecule has 1 aromatic carbocycles. The number of benzene rings is 1. The van der Waals surface area contributed by atoms with Gasteiger partial charge in [0.25, 0.3) is 0 Å². The molecule has 1 aromatic heterocycles. The number of aromatic amines is 1. The van der Waals surface area contributed by atoms with Crippen molar-refractivity contribution >= 4 is 5.91 Å². The Labute approximate surface area is 174 Å². The Bertz CT molecular complexity index is 808. The number of amides is 1. The number of aryl methyl sites for hydroxylation is 4. The molecule has 29 heavy (non-hydrogen) atoms. The summed E-state index contributed by atoms with van der Waals surface area (Å²) in [4.78, 5) is 15.2. The maximum Gasteiger partial charge on any atom is 0.223 e. The Kier molecular flexibility index (Phi) is 7.34. The molecular formula is C24H35N3O2. The van der Waals surface area contributed by atoms with E-state index in [1.165, 1.54) is 24.0 Å².